The number of aromatic carboxylic acids is 1. The van der Waals surface area contributed by atoms with Gasteiger partial charge in [0.25, 0.3) is 0 Å². The molecule has 3 aromatic carbocycles. The molecule has 0 saturated carbocycles. The first-order valence-electron chi connectivity index (χ1n) is 10.5. The van der Waals surface area contributed by atoms with E-state index in [4.69, 9.17) is 14.6 Å². The fourth-order valence-corrected chi connectivity index (χ4v) is 3.33. The SMILES string of the molecule is CCOC(=O)c1ccccc1C(=O)O.Cc1cc(C)c(C(=O)OC(=O)c2ccccc2)c(C)c1. The number of carboxylic acids is 1. The molecule has 34 heavy (non-hydrogen) atoms. The number of ether oxygens (including phenoxy) is 2. The Morgan fingerprint density at radius 2 is 1.26 bits per heavy atom. The summed E-state index contributed by atoms with van der Waals surface area (Å²) in [6, 6.07) is 18.2. The average Bonchev–Trinajstić information content (AvgIpc) is 2.79. The molecule has 0 aliphatic carbocycles. The average molecular weight is 462 g/mol. The van der Waals surface area contributed by atoms with E-state index in [2.05, 4.69) is 0 Å². The third-order valence-electron chi connectivity index (χ3n) is 4.73. The summed E-state index contributed by atoms with van der Waals surface area (Å²) in [6.45, 7) is 7.53. The maximum absolute atomic E-state index is 12.1. The summed E-state index contributed by atoms with van der Waals surface area (Å²) < 4.78 is 9.66. The van der Waals surface area contributed by atoms with E-state index in [-0.39, 0.29) is 17.7 Å². The van der Waals surface area contributed by atoms with Crippen molar-refractivity contribution in [3.05, 3.63) is 106 Å². The molecule has 1 N–H and O–H groups in total. The number of esters is 3. The second kappa shape index (κ2) is 12.1. The Hall–Kier alpha value is -4.26. The van der Waals surface area contributed by atoms with Gasteiger partial charge in [0.2, 0.25) is 0 Å². The molecule has 7 heteroatoms. The molecule has 7 nitrogen and oxygen atoms in total. The molecule has 0 unspecified atom stereocenters. The number of carbonyl (C=O) groups excluding carboxylic acids is 3. The van der Waals surface area contributed by atoms with Crippen LogP contribution >= 0.6 is 0 Å². The van der Waals surface area contributed by atoms with Gasteiger partial charge in [0.1, 0.15) is 0 Å². The molecule has 0 heterocycles. The molecule has 176 valence electrons. The number of benzene rings is 3. The number of carbonyl (C=O) groups is 4. The van der Waals surface area contributed by atoms with E-state index in [1.807, 2.05) is 32.9 Å². The van der Waals surface area contributed by atoms with Gasteiger partial charge in [0.05, 0.1) is 28.9 Å². The fourth-order valence-electron chi connectivity index (χ4n) is 3.33. The summed E-state index contributed by atoms with van der Waals surface area (Å²) >= 11 is 0. The van der Waals surface area contributed by atoms with Crippen molar-refractivity contribution in [1.82, 2.24) is 0 Å². The van der Waals surface area contributed by atoms with Crippen LogP contribution in [-0.2, 0) is 9.47 Å². The van der Waals surface area contributed by atoms with E-state index in [9.17, 15) is 19.2 Å². The Kier molecular flexibility index (Phi) is 9.26. The monoisotopic (exact) mass is 462 g/mol. The van der Waals surface area contributed by atoms with Crippen LogP contribution in [0.5, 0.6) is 0 Å². The third-order valence-corrected chi connectivity index (χ3v) is 4.73. The van der Waals surface area contributed by atoms with Gasteiger partial charge in [-0.05, 0) is 63.1 Å². The maximum Gasteiger partial charge on any atom is 0.346 e. The van der Waals surface area contributed by atoms with Gasteiger partial charge in [-0.3, -0.25) is 0 Å². The highest BCUT2D eigenvalue weighted by atomic mass is 16.6. The quantitative estimate of drug-likeness (QED) is 0.412. The number of rotatable bonds is 5. The number of aryl methyl sites for hydroxylation is 3. The Balaban J connectivity index is 0.000000257. The molecule has 0 aliphatic heterocycles. The minimum absolute atomic E-state index is 0.0362. The summed E-state index contributed by atoms with van der Waals surface area (Å²) in [6.07, 6.45) is 0. The largest absolute Gasteiger partial charge is 0.478 e. The summed E-state index contributed by atoms with van der Waals surface area (Å²) in [7, 11) is 0. The van der Waals surface area contributed by atoms with Crippen molar-refractivity contribution in [2.45, 2.75) is 27.7 Å². The van der Waals surface area contributed by atoms with E-state index in [1.54, 1.807) is 49.4 Å². The third kappa shape index (κ3) is 6.87. The van der Waals surface area contributed by atoms with Gasteiger partial charge in [-0.15, -0.1) is 0 Å². The second-order valence-corrected chi connectivity index (χ2v) is 7.39. The molecular formula is C27H26O7. The van der Waals surface area contributed by atoms with E-state index < -0.39 is 23.9 Å². The zero-order valence-electron chi connectivity index (χ0n) is 19.5. The van der Waals surface area contributed by atoms with Crippen molar-refractivity contribution in [3.8, 4) is 0 Å². The number of hydrogen-bond acceptors (Lipinski definition) is 6. The summed E-state index contributed by atoms with van der Waals surface area (Å²) in [5.74, 6) is -2.97. The van der Waals surface area contributed by atoms with Crippen LogP contribution in [0.3, 0.4) is 0 Å². The number of carboxylic acid groups (broad SMARTS) is 1. The predicted octanol–water partition coefficient (Wildman–Crippen LogP) is 5.17. The Labute approximate surface area is 198 Å². The first-order chi connectivity index (χ1) is 16.1. The minimum atomic E-state index is -1.13. The molecule has 0 aliphatic rings. The van der Waals surface area contributed by atoms with Crippen molar-refractivity contribution < 1.29 is 33.8 Å². The molecular weight excluding hydrogens is 436 g/mol. The fraction of sp³-hybridized carbons (Fsp3) is 0.185. The molecule has 3 rings (SSSR count). The lowest BCUT2D eigenvalue weighted by Gasteiger charge is -2.10. The molecule has 0 fully saturated rings. The van der Waals surface area contributed by atoms with Crippen molar-refractivity contribution in [3.63, 3.8) is 0 Å². The van der Waals surface area contributed by atoms with Gasteiger partial charge < -0.3 is 14.6 Å². The Bertz CT molecular complexity index is 1170. The van der Waals surface area contributed by atoms with E-state index in [0.717, 1.165) is 16.7 Å². The molecule has 0 aromatic heterocycles. The van der Waals surface area contributed by atoms with Crippen LogP contribution in [0.1, 0.15) is 65.0 Å². The predicted molar refractivity (Wildman–Crippen MR) is 126 cm³/mol. The van der Waals surface area contributed by atoms with E-state index >= 15 is 0 Å². The van der Waals surface area contributed by atoms with Crippen molar-refractivity contribution in [1.29, 1.82) is 0 Å². The molecule has 0 atom stereocenters. The van der Waals surface area contributed by atoms with Crippen LogP contribution in [-0.4, -0.2) is 35.6 Å². The Morgan fingerprint density at radius 3 is 1.79 bits per heavy atom. The van der Waals surface area contributed by atoms with Crippen LogP contribution < -0.4 is 0 Å². The van der Waals surface area contributed by atoms with Crippen LogP contribution in [0.15, 0.2) is 66.7 Å². The molecule has 0 radical (unpaired) electrons. The normalized spacial score (nSPS) is 9.88. The molecule has 3 aromatic rings. The van der Waals surface area contributed by atoms with Gasteiger partial charge in [-0.2, -0.15) is 0 Å². The zero-order chi connectivity index (χ0) is 25.3. The summed E-state index contributed by atoms with van der Waals surface area (Å²) in [5.41, 5.74) is 3.57. The highest BCUT2D eigenvalue weighted by Gasteiger charge is 2.19. The number of hydrogen-bond donors (Lipinski definition) is 1. The van der Waals surface area contributed by atoms with Crippen LogP contribution in [0.2, 0.25) is 0 Å². The van der Waals surface area contributed by atoms with Gasteiger partial charge in [-0.1, -0.05) is 48.0 Å². The van der Waals surface area contributed by atoms with Gasteiger partial charge in [0, 0.05) is 0 Å². The van der Waals surface area contributed by atoms with Crippen LogP contribution in [0.4, 0.5) is 0 Å². The van der Waals surface area contributed by atoms with Crippen LogP contribution in [0, 0.1) is 20.8 Å². The lowest BCUT2D eigenvalue weighted by atomic mass is 10.00. The first kappa shape index (κ1) is 26.0. The topological polar surface area (TPSA) is 107 Å². The zero-order valence-corrected chi connectivity index (χ0v) is 19.5. The molecule has 0 amide bonds. The van der Waals surface area contributed by atoms with Gasteiger partial charge in [-0.25, -0.2) is 19.2 Å². The molecule has 0 saturated heterocycles. The van der Waals surface area contributed by atoms with Crippen molar-refractivity contribution in [2.75, 3.05) is 6.61 Å². The van der Waals surface area contributed by atoms with Gasteiger partial charge >= 0.3 is 23.9 Å². The molecule has 0 spiro atoms. The summed E-state index contributed by atoms with van der Waals surface area (Å²) in [4.78, 5) is 46.0. The summed E-state index contributed by atoms with van der Waals surface area (Å²) in [5, 5.41) is 8.77. The van der Waals surface area contributed by atoms with E-state index in [1.165, 1.54) is 12.1 Å². The first-order valence-corrected chi connectivity index (χ1v) is 10.5. The lowest BCUT2D eigenvalue weighted by molar-refractivity contribution is 0.0395. The highest BCUT2D eigenvalue weighted by Crippen LogP contribution is 2.18. The second-order valence-electron chi connectivity index (χ2n) is 7.39. The smallest absolute Gasteiger partial charge is 0.346 e. The lowest BCUT2D eigenvalue weighted by Crippen LogP contribution is -2.15. The standard InChI is InChI=1S/C17H16O3.C10H10O4/c1-11-9-12(2)15(13(3)10-11)17(19)20-16(18)14-7-5-4-6-8-14;1-2-14-10(13)8-6-4-3-5-7(8)9(11)12/h4-10H,1-3H3;3-6H,2H2,1H3,(H,11,12). The van der Waals surface area contributed by atoms with Crippen LogP contribution in [0.25, 0.3) is 0 Å². The maximum atomic E-state index is 12.1. The highest BCUT2D eigenvalue weighted by molar-refractivity contribution is 6.04. The Morgan fingerprint density at radius 1 is 0.735 bits per heavy atom. The van der Waals surface area contributed by atoms with Gasteiger partial charge in [0.15, 0.2) is 0 Å². The van der Waals surface area contributed by atoms with E-state index in [0.29, 0.717) is 11.1 Å². The minimum Gasteiger partial charge on any atom is -0.478 e. The van der Waals surface area contributed by atoms with Crippen molar-refractivity contribution in [2.24, 2.45) is 0 Å². The molecule has 0 bridgehead atoms. The van der Waals surface area contributed by atoms with Crippen molar-refractivity contribution >= 4 is 23.9 Å².